The van der Waals surface area contributed by atoms with E-state index in [1.165, 1.54) is 0 Å². The molecule has 0 aliphatic heterocycles. The van der Waals surface area contributed by atoms with Gasteiger partial charge in [0, 0.05) is 19.8 Å². The number of amides is 2. The number of ether oxygens (including phenoxy) is 3. The lowest BCUT2D eigenvalue weighted by Crippen LogP contribution is -2.60. The van der Waals surface area contributed by atoms with E-state index in [-0.39, 0.29) is 0 Å². The molecule has 0 saturated carbocycles. The molecule has 0 fully saturated rings. The Bertz CT molecular complexity index is 334. The number of carbonyl (C=O) groups excluding carboxylic acids is 1. The predicted molar refractivity (Wildman–Crippen MR) is 117 cm³/mol. The Balaban J connectivity index is 4.59. The van der Waals surface area contributed by atoms with E-state index in [0.29, 0.717) is 39.6 Å². The van der Waals surface area contributed by atoms with Crippen molar-refractivity contribution in [2.45, 2.75) is 45.6 Å². The fraction of sp³-hybridized carbons (Fsp3) is 0.950. The molecule has 0 aromatic rings. The number of nitrogens with two attached hydrogens (primary N) is 1. The van der Waals surface area contributed by atoms with Crippen LogP contribution in [0.1, 0.15) is 40.0 Å². The predicted octanol–water partition coefficient (Wildman–Crippen LogP) is 0.442. The molecular weight excluding hydrogens is 374 g/mol. The van der Waals surface area contributed by atoms with E-state index in [1.54, 1.807) is 0 Å². The average Bonchev–Trinajstić information content (AvgIpc) is 2.69. The standard InChI is InChI=1S/C20H45N5O4/c1-4-22-10-7-13-27-16-20(25-19(21)26,17-28-14-8-11-23-5-2)18-29-15-9-12-24-6-3/h22-24H,4-18H2,1-3H3,(H3,21,25,26). The molecule has 6 N–H and O–H groups in total. The highest BCUT2D eigenvalue weighted by Gasteiger charge is 2.33. The van der Waals surface area contributed by atoms with Gasteiger partial charge in [-0.15, -0.1) is 0 Å². The molecule has 0 spiro atoms. The maximum Gasteiger partial charge on any atom is 0.312 e. The number of carbonyl (C=O) groups is 1. The summed E-state index contributed by atoms with van der Waals surface area (Å²) in [7, 11) is 0. The lowest BCUT2D eigenvalue weighted by molar-refractivity contribution is -0.0350. The van der Waals surface area contributed by atoms with Gasteiger partial charge in [-0.1, -0.05) is 20.8 Å². The van der Waals surface area contributed by atoms with Crippen molar-refractivity contribution in [1.82, 2.24) is 21.3 Å². The minimum absolute atomic E-state index is 0.294. The quantitative estimate of drug-likeness (QED) is 0.162. The van der Waals surface area contributed by atoms with Crippen LogP contribution in [-0.2, 0) is 14.2 Å². The van der Waals surface area contributed by atoms with E-state index in [4.69, 9.17) is 19.9 Å². The molecule has 0 rings (SSSR count). The molecule has 9 heteroatoms. The van der Waals surface area contributed by atoms with Gasteiger partial charge in [0.1, 0.15) is 5.54 Å². The lowest BCUT2D eigenvalue weighted by atomic mass is 10.0. The highest BCUT2D eigenvalue weighted by molar-refractivity contribution is 5.72. The van der Waals surface area contributed by atoms with Gasteiger partial charge >= 0.3 is 6.03 Å². The summed E-state index contributed by atoms with van der Waals surface area (Å²) in [5, 5.41) is 12.6. The summed E-state index contributed by atoms with van der Waals surface area (Å²) in [6.07, 6.45) is 2.69. The fourth-order valence-corrected chi connectivity index (χ4v) is 2.73. The van der Waals surface area contributed by atoms with Crippen LogP contribution in [0, 0.1) is 0 Å². The molecule has 9 nitrogen and oxygen atoms in total. The van der Waals surface area contributed by atoms with Gasteiger partial charge in [-0.2, -0.15) is 0 Å². The number of nitrogens with one attached hydrogen (secondary N) is 4. The number of hydrogen-bond donors (Lipinski definition) is 5. The topological polar surface area (TPSA) is 119 Å². The van der Waals surface area contributed by atoms with Crippen molar-refractivity contribution < 1.29 is 19.0 Å². The van der Waals surface area contributed by atoms with Crippen molar-refractivity contribution >= 4 is 6.03 Å². The monoisotopic (exact) mass is 419 g/mol. The zero-order valence-corrected chi connectivity index (χ0v) is 18.8. The Labute approximate surface area is 177 Å². The largest absolute Gasteiger partial charge is 0.379 e. The molecule has 2 amide bonds. The fourth-order valence-electron chi connectivity index (χ4n) is 2.73. The zero-order chi connectivity index (χ0) is 21.6. The minimum Gasteiger partial charge on any atom is -0.379 e. The summed E-state index contributed by atoms with van der Waals surface area (Å²) in [6.45, 7) is 14.4. The third-order valence-corrected chi connectivity index (χ3v) is 4.20. The molecule has 0 aliphatic rings. The number of hydrogen-bond acceptors (Lipinski definition) is 7. The SMILES string of the molecule is CCNCCCOCC(COCCCNCC)(COCCCNCC)NC(N)=O. The van der Waals surface area contributed by atoms with Crippen LogP contribution in [0.3, 0.4) is 0 Å². The van der Waals surface area contributed by atoms with Crippen LogP contribution in [0.2, 0.25) is 0 Å². The third kappa shape index (κ3) is 17.6. The summed E-state index contributed by atoms with van der Waals surface area (Å²) in [6, 6.07) is -0.603. The van der Waals surface area contributed by atoms with Crippen molar-refractivity contribution in [2.75, 3.05) is 78.9 Å². The summed E-state index contributed by atoms with van der Waals surface area (Å²) in [5.74, 6) is 0. The van der Waals surface area contributed by atoms with Gasteiger partial charge in [-0.3, -0.25) is 0 Å². The van der Waals surface area contributed by atoms with E-state index >= 15 is 0 Å². The van der Waals surface area contributed by atoms with Crippen molar-refractivity contribution in [3.05, 3.63) is 0 Å². The second-order valence-corrected chi connectivity index (χ2v) is 7.05. The molecule has 0 heterocycles. The van der Waals surface area contributed by atoms with Crippen LogP contribution >= 0.6 is 0 Å². The second kappa shape index (κ2) is 20.3. The van der Waals surface area contributed by atoms with Crippen molar-refractivity contribution in [3.8, 4) is 0 Å². The normalized spacial score (nSPS) is 11.7. The molecule has 0 unspecified atom stereocenters. The van der Waals surface area contributed by atoms with Crippen LogP contribution in [-0.4, -0.2) is 90.5 Å². The van der Waals surface area contributed by atoms with Crippen LogP contribution in [0.4, 0.5) is 4.79 Å². The van der Waals surface area contributed by atoms with E-state index in [9.17, 15) is 4.79 Å². The Morgan fingerprint density at radius 3 is 1.34 bits per heavy atom. The maximum atomic E-state index is 11.7. The number of primary amides is 1. The lowest BCUT2D eigenvalue weighted by Gasteiger charge is -2.33. The molecule has 0 aromatic carbocycles. The van der Waals surface area contributed by atoms with Gasteiger partial charge in [0.05, 0.1) is 19.8 Å². The molecule has 0 bridgehead atoms. The zero-order valence-electron chi connectivity index (χ0n) is 18.8. The highest BCUT2D eigenvalue weighted by atomic mass is 16.5. The number of urea groups is 1. The second-order valence-electron chi connectivity index (χ2n) is 7.05. The first-order chi connectivity index (χ1) is 14.1. The maximum absolute atomic E-state index is 11.7. The first kappa shape index (κ1) is 28.0. The summed E-state index contributed by atoms with van der Waals surface area (Å²) < 4.78 is 17.5. The number of rotatable bonds is 22. The smallest absolute Gasteiger partial charge is 0.312 e. The summed E-state index contributed by atoms with van der Waals surface area (Å²) >= 11 is 0. The van der Waals surface area contributed by atoms with Gasteiger partial charge in [-0.05, 0) is 58.5 Å². The summed E-state index contributed by atoms with van der Waals surface area (Å²) in [4.78, 5) is 11.7. The Morgan fingerprint density at radius 2 is 1.07 bits per heavy atom. The first-order valence-electron chi connectivity index (χ1n) is 11.0. The van der Waals surface area contributed by atoms with Gasteiger partial charge in [0.15, 0.2) is 0 Å². The van der Waals surface area contributed by atoms with Crippen molar-refractivity contribution in [2.24, 2.45) is 5.73 Å². The summed E-state index contributed by atoms with van der Waals surface area (Å²) in [5.41, 5.74) is 4.65. The minimum atomic E-state index is -0.791. The molecular formula is C20H45N5O4. The third-order valence-electron chi connectivity index (χ3n) is 4.20. The first-order valence-corrected chi connectivity index (χ1v) is 11.0. The molecule has 29 heavy (non-hydrogen) atoms. The van der Waals surface area contributed by atoms with E-state index in [1.807, 2.05) is 0 Å². The van der Waals surface area contributed by atoms with Crippen LogP contribution in [0.15, 0.2) is 0 Å². The molecule has 0 aromatic heterocycles. The molecule has 0 radical (unpaired) electrons. The van der Waals surface area contributed by atoms with Crippen molar-refractivity contribution in [3.63, 3.8) is 0 Å². The van der Waals surface area contributed by atoms with E-state index in [2.05, 4.69) is 42.0 Å². The average molecular weight is 420 g/mol. The Hall–Kier alpha value is -0.970. The van der Waals surface area contributed by atoms with Gasteiger partial charge in [0.2, 0.25) is 0 Å². The van der Waals surface area contributed by atoms with Crippen LogP contribution < -0.4 is 27.0 Å². The van der Waals surface area contributed by atoms with Gasteiger partial charge < -0.3 is 41.2 Å². The van der Waals surface area contributed by atoms with Crippen LogP contribution in [0.5, 0.6) is 0 Å². The Kier molecular flexibility index (Phi) is 19.6. The van der Waals surface area contributed by atoms with Crippen molar-refractivity contribution in [1.29, 1.82) is 0 Å². The highest BCUT2D eigenvalue weighted by Crippen LogP contribution is 2.10. The molecule has 0 atom stereocenters. The molecule has 0 saturated heterocycles. The van der Waals surface area contributed by atoms with E-state index < -0.39 is 11.6 Å². The van der Waals surface area contributed by atoms with E-state index in [0.717, 1.165) is 58.5 Å². The van der Waals surface area contributed by atoms with Crippen LogP contribution in [0.25, 0.3) is 0 Å². The molecule has 174 valence electrons. The molecule has 0 aliphatic carbocycles. The Morgan fingerprint density at radius 1 is 0.724 bits per heavy atom. The van der Waals surface area contributed by atoms with Gasteiger partial charge in [0.25, 0.3) is 0 Å². The van der Waals surface area contributed by atoms with Gasteiger partial charge in [-0.25, -0.2) is 4.79 Å².